The van der Waals surface area contributed by atoms with E-state index in [9.17, 15) is 13.2 Å². The molecule has 1 heterocycles. The van der Waals surface area contributed by atoms with Crippen molar-refractivity contribution in [1.82, 2.24) is 5.32 Å². The van der Waals surface area contributed by atoms with E-state index < -0.39 is 9.84 Å². The number of nitrogens with one attached hydrogen (secondary N) is 1. The summed E-state index contributed by atoms with van der Waals surface area (Å²) in [5, 5.41) is 2.71. The summed E-state index contributed by atoms with van der Waals surface area (Å²) in [6.07, 6.45) is 0.482. The van der Waals surface area contributed by atoms with Gasteiger partial charge in [-0.25, -0.2) is 8.42 Å². The molecule has 0 aromatic heterocycles. The molecule has 0 radical (unpaired) electrons. The lowest BCUT2D eigenvalue weighted by Crippen LogP contribution is -2.38. The SMILES string of the molecule is Cc1cc(OCC(=O)N[C@H]2CCS(=O)(=O)C2)ccc1C(C)C. The fraction of sp³-hybridized carbons (Fsp3) is 0.562. The minimum absolute atomic E-state index is 0.0287. The molecule has 1 aromatic rings. The number of sulfone groups is 1. The van der Waals surface area contributed by atoms with Crippen molar-refractivity contribution in [1.29, 1.82) is 0 Å². The van der Waals surface area contributed by atoms with E-state index in [2.05, 4.69) is 19.2 Å². The number of amides is 1. The van der Waals surface area contributed by atoms with Gasteiger partial charge in [0.15, 0.2) is 16.4 Å². The van der Waals surface area contributed by atoms with Gasteiger partial charge in [0.2, 0.25) is 0 Å². The van der Waals surface area contributed by atoms with Crippen LogP contribution >= 0.6 is 0 Å². The van der Waals surface area contributed by atoms with Crippen molar-refractivity contribution in [3.05, 3.63) is 29.3 Å². The van der Waals surface area contributed by atoms with Crippen LogP contribution in [0.15, 0.2) is 18.2 Å². The summed E-state index contributed by atoms with van der Waals surface area (Å²) < 4.78 is 28.2. The van der Waals surface area contributed by atoms with Crippen molar-refractivity contribution < 1.29 is 17.9 Å². The molecule has 0 aliphatic carbocycles. The average molecular weight is 325 g/mol. The van der Waals surface area contributed by atoms with Gasteiger partial charge in [-0.15, -0.1) is 0 Å². The average Bonchev–Trinajstić information content (AvgIpc) is 2.75. The molecule has 0 saturated carbocycles. The number of carbonyl (C=O) groups excluding carboxylic acids is 1. The first kappa shape index (κ1) is 16.8. The Balaban J connectivity index is 1.85. The summed E-state index contributed by atoms with van der Waals surface area (Å²) in [6.45, 7) is 6.18. The number of benzene rings is 1. The van der Waals surface area contributed by atoms with Crippen molar-refractivity contribution in [2.75, 3.05) is 18.1 Å². The molecule has 0 spiro atoms. The highest BCUT2D eigenvalue weighted by atomic mass is 32.2. The van der Waals surface area contributed by atoms with E-state index in [0.717, 1.165) is 5.56 Å². The van der Waals surface area contributed by atoms with E-state index >= 15 is 0 Å². The molecule has 2 rings (SSSR count). The fourth-order valence-corrected chi connectivity index (χ4v) is 4.39. The number of hydrogen-bond donors (Lipinski definition) is 1. The van der Waals surface area contributed by atoms with E-state index in [1.165, 1.54) is 5.56 Å². The summed E-state index contributed by atoms with van der Waals surface area (Å²) in [5.74, 6) is 0.987. The molecule has 1 fully saturated rings. The predicted octanol–water partition coefficient (Wildman–Crippen LogP) is 1.80. The number of aryl methyl sites for hydroxylation is 1. The fourth-order valence-electron chi connectivity index (χ4n) is 2.71. The lowest BCUT2D eigenvalue weighted by Gasteiger charge is -2.14. The summed E-state index contributed by atoms with van der Waals surface area (Å²) in [6, 6.07) is 5.50. The zero-order chi connectivity index (χ0) is 16.3. The second-order valence-corrected chi connectivity index (χ2v) is 8.36. The quantitative estimate of drug-likeness (QED) is 0.896. The van der Waals surface area contributed by atoms with E-state index in [1.54, 1.807) is 0 Å². The second kappa shape index (κ2) is 6.69. The highest BCUT2D eigenvalue weighted by molar-refractivity contribution is 7.91. The highest BCUT2D eigenvalue weighted by Gasteiger charge is 2.28. The first-order chi connectivity index (χ1) is 10.3. The van der Waals surface area contributed by atoms with E-state index in [-0.39, 0.29) is 30.1 Å². The van der Waals surface area contributed by atoms with Crippen molar-refractivity contribution >= 4 is 15.7 Å². The van der Waals surface area contributed by atoms with Gasteiger partial charge in [0.25, 0.3) is 5.91 Å². The number of rotatable bonds is 5. The first-order valence-corrected chi connectivity index (χ1v) is 9.32. The van der Waals surface area contributed by atoms with Gasteiger partial charge >= 0.3 is 0 Å². The molecule has 122 valence electrons. The first-order valence-electron chi connectivity index (χ1n) is 7.50. The monoisotopic (exact) mass is 325 g/mol. The normalized spacial score (nSPS) is 20.1. The number of carbonyl (C=O) groups is 1. The maximum absolute atomic E-state index is 11.8. The Hall–Kier alpha value is -1.56. The third kappa shape index (κ3) is 4.47. The molecule has 0 unspecified atom stereocenters. The van der Waals surface area contributed by atoms with Crippen LogP contribution in [0, 0.1) is 6.92 Å². The minimum Gasteiger partial charge on any atom is -0.484 e. The minimum atomic E-state index is -2.98. The van der Waals surface area contributed by atoms with Crippen LogP contribution in [-0.2, 0) is 14.6 Å². The van der Waals surface area contributed by atoms with Crippen LogP contribution in [0.1, 0.15) is 37.3 Å². The lowest BCUT2D eigenvalue weighted by molar-refractivity contribution is -0.123. The predicted molar refractivity (Wildman–Crippen MR) is 86.0 cm³/mol. The smallest absolute Gasteiger partial charge is 0.258 e. The van der Waals surface area contributed by atoms with E-state index in [0.29, 0.717) is 18.1 Å². The summed E-state index contributed by atoms with van der Waals surface area (Å²) >= 11 is 0. The van der Waals surface area contributed by atoms with Gasteiger partial charge in [-0.3, -0.25) is 4.79 Å². The largest absolute Gasteiger partial charge is 0.484 e. The summed E-state index contributed by atoms with van der Waals surface area (Å²) in [4.78, 5) is 11.8. The summed E-state index contributed by atoms with van der Waals surface area (Å²) in [7, 11) is -2.98. The Morgan fingerprint density at radius 1 is 1.41 bits per heavy atom. The topological polar surface area (TPSA) is 72.5 Å². The molecule has 1 aliphatic rings. The standard InChI is InChI=1S/C16H23NO4S/c1-11(2)15-5-4-14(8-12(15)3)21-9-16(18)17-13-6-7-22(19,20)10-13/h4-5,8,11,13H,6-7,9-10H2,1-3H3,(H,17,18)/t13-/m0/s1. The highest BCUT2D eigenvalue weighted by Crippen LogP contribution is 2.23. The van der Waals surface area contributed by atoms with Crippen molar-refractivity contribution in [3.8, 4) is 5.75 Å². The molecule has 22 heavy (non-hydrogen) atoms. The molecule has 1 aliphatic heterocycles. The van der Waals surface area contributed by atoms with Crippen LogP contribution in [-0.4, -0.2) is 38.5 Å². The van der Waals surface area contributed by atoms with Crippen LogP contribution in [0.4, 0.5) is 0 Å². The summed E-state index contributed by atoms with van der Waals surface area (Å²) in [5.41, 5.74) is 2.39. The van der Waals surface area contributed by atoms with Crippen LogP contribution in [0.2, 0.25) is 0 Å². The van der Waals surface area contributed by atoms with Gasteiger partial charge in [0, 0.05) is 6.04 Å². The van der Waals surface area contributed by atoms with E-state index in [1.807, 2.05) is 25.1 Å². The molecule has 1 aromatic carbocycles. The van der Waals surface area contributed by atoms with Crippen molar-refractivity contribution in [2.24, 2.45) is 0 Å². The second-order valence-electron chi connectivity index (χ2n) is 6.13. The molecule has 1 atom stereocenters. The zero-order valence-electron chi connectivity index (χ0n) is 13.3. The van der Waals surface area contributed by atoms with Crippen LogP contribution in [0.25, 0.3) is 0 Å². The Labute approximate surface area is 132 Å². The number of hydrogen-bond acceptors (Lipinski definition) is 4. The Morgan fingerprint density at radius 2 is 2.14 bits per heavy atom. The van der Waals surface area contributed by atoms with Gasteiger partial charge < -0.3 is 10.1 Å². The van der Waals surface area contributed by atoms with Crippen molar-refractivity contribution in [3.63, 3.8) is 0 Å². The molecule has 1 N–H and O–H groups in total. The molecule has 6 heteroatoms. The zero-order valence-corrected chi connectivity index (χ0v) is 14.1. The molecule has 1 amide bonds. The Bertz CT molecular complexity index is 652. The van der Waals surface area contributed by atoms with E-state index in [4.69, 9.17) is 4.74 Å². The maximum Gasteiger partial charge on any atom is 0.258 e. The van der Waals surface area contributed by atoms with Crippen LogP contribution in [0.5, 0.6) is 5.75 Å². The Kier molecular flexibility index (Phi) is 5.11. The number of ether oxygens (including phenoxy) is 1. The van der Waals surface area contributed by atoms with Gasteiger partial charge in [0.1, 0.15) is 5.75 Å². The Morgan fingerprint density at radius 3 is 2.68 bits per heavy atom. The van der Waals surface area contributed by atoms with Gasteiger partial charge in [-0.1, -0.05) is 19.9 Å². The van der Waals surface area contributed by atoms with Gasteiger partial charge in [-0.2, -0.15) is 0 Å². The van der Waals surface area contributed by atoms with Crippen LogP contribution in [0.3, 0.4) is 0 Å². The maximum atomic E-state index is 11.8. The van der Waals surface area contributed by atoms with Gasteiger partial charge in [-0.05, 0) is 42.5 Å². The lowest BCUT2D eigenvalue weighted by atomic mass is 9.98. The molecule has 5 nitrogen and oxygen atoms in total. The van der Waals surface area contributed by atoms with Crippen molar-refractivity contribution in [2.45, 2.75) is 39.2 Å². The molecular formula is C16H23NO4S. The molecule has 1 saturated heterocycles. The third-order valence-electron chi connectivity index (χ3n) is 3.83. The molecule has 0 bridgehead atoms. The third-order valence-corrected chi connectivity index (χ3v) is 5.60. The van der Waals surface area contributed by atoms with Crippen LogP contribution < -0.4 is 10.1 Å². The molecular weight excluding hydrogens is 302 g/mol. The van der Waals surface area contributed by atoms with Gasteiger partial charge in [0.05, 0.1) is 11.5 Å².